The van der Waals surface area contributed by atoms with Crippen molar-refractivity contribution in [3.8, 4) is 0 Å². The Labute approximate surface area is 139 Å². The molecular weight excluding hydrogens is 280 g/mol. The van der Waals surface area contributed by atoms with Crippen molar-refractivity contribution in [2.45, 2.75) is 51.9 Å². The number of Topliss-reactive ketones (excluding diaryl/α,β-unsaturated/α-hetero) is 1. The van der Waals surface area contributed by atoms with E-state index in [0.717, 1.165) is 12.0 Å². The van der Waals surface area contributed by atoms with Crippen LogP contribution in [0.1, 0.15) is 78.9 Å². The molecule has 0 saturated heterocycles. The molecule has 3 rings (SSSR count). The van der Waals surface area contributed by atoms with Crippen LogP contribution in [0.5, 0.6) is 0 Å². The number of ketones is 1. The second-order valence-electron chi connectivity index (χ2n) is 7.42. The molecule has 1 fully saturated rings. The molecule has 1 saturated carbocycles. The first-order valence-electron chi connectivity index (χ1n) is 8.71. The van der Waals surface area contributed by atoms with E-state index in [-0.39, 0.29) is 5.92 Å². The molecule has 2 aromatic carbocycles. The summed E-state index contributed by atoms with van der Waals surface area (Å²) in [6, 6.07) is 16.9. The molecule has 1 nitrogen and oxygen atoms in total. The van der Waals surface area contributed by atoms with E-state index in [4.69, 9.17) is 0 Å². The largest absolute Gasteiger partial charge is 0.294 e. The van der Waals surface area contributed by atoms with Gasteiger partial charge in [-0.15, -0.1) is 0 Å². The highest BCUT2D eigenvalue weighted by Crippen LogP contribution is 2.49. The van der Waals surface area contributed by atoms with E-state index in [9.17, 15) is 4.79 Å². The van der Waals surface area contributed by atoms with Gasteiger partial charge in [0.25, 0.3) is 0 Å². The Balaban J connectivity index is 1.86. The molecule has 2 unspecified atom stereocenters. The van der Waals surface area contributed by atoms with E-state index in [1.807, 2.05) is 6.07 Å². The smallest absolute Gasteiger partial charge is 0.166 e. The van der Waals surface area contributed by atoms with Crippen LogP contribution < -0.4 is 0 Å². The van der Waals surface area contributed by atoms with Crippen molar-refractivity contribution in [3.63, 3.8) is 0 Å². The molecule has 0 amide bonds. The lowest BCUT2D eigenvalue weighted by molar-refractivity contribution is 0.0965. The molecule has 1 aliphatic carbocycles. The van der Waals surface area contributed by atoms with Gasteiger partial charge in [0.1, 0.15) is 0 Å². The van der Waals surface area contributed by atoms with Gasteiger partial charge in [-0.2, -0.15) is 0 Å². The molecule has 0 aromatic heterocycles. The molecule has 2 aromatic rings. The SMILES string of the molecule is CC(C)c1cc(C(=O)C2CC2c2ccccc2)cc(C(C)C)c1. The second-order valence-corrected chi connectivity index (χ2v) is 7.42. The summed E-state index contributed by atoms with van der Waals surface area (Å²) in [6.45, 7) is 8.77. The summed E-state index contributed by atoms with van der Waals surface area (Å²) in [5.41, 5.74) is 4.76. The Morgan fingerprint density at radius 1 is 0.913 bits per heavy atom. The molecule has 1 heteroatoms. The van der Waals surface area contributed by atoms with Crippen molar-refractivity contribution in [2.75, 3.05) is 0 Å². The van der Waals surface area contributed by atoms with Gasteiger partial charge in [0, 0.05) is 11.5 Å². The number of rotatable bonds is 5. The summed E-state index contributed by atoms with van der Waals surface area (Å²) in [6.07, 6.45) is 0.992. The van der Waals surface area contributed by atoms with Crippen molar-refractivity contribution in [1.29, 1.82) is 0 Å². The predicted molar refractivity (Wildman–Crippen MR) is 96.2 cm³/mol. The standard InChI is InChI=1S/C22H26O/c1-14(2)17-10-18(15(3)4)12-19(11-17)22(23)21-13-20(21)16-8-6-5-7-9-16/h5-12,14-15,20-21H,13H2,1-4H3. The molecular formula is C22H26O. The highest BCUT2D eigenvalue weighted by Gasteiger charge is 2.44. The molecule has 0 heterocycles. The molecule has 120 valence electrons. The second kappa shape index (κ2) is 6.31. The topological polar surface area (TPSA) is 17.1 Å². The molecule has 2 atom stereocenters. The van der Waals surface area contributed by atoms with Gasteiger partial charge in [0.2, 0.25) is 0 Å². The quantitative estimate of drug-likeness (QED) is 0.627. The highest BCUT2D eigenvalue weighted by atomic mass is 16.1. The number of carbonyl (C=O) groups is 1. The van der Waals surface area contributed by atoms with Crippen LogP contribution in [0.4, 0.5) is 0 Å². The van der Waals surface area contributed by atoms with E-state index < -0.39 is 0 Å². The Morgan fingerprint density at radius 3 is 2.00 bits per heavy atom. The van der Waals surface area contributed by atoms with Crippen LogP contribution >= 0.6 is 0 Å². The first-order chi connectivity index (χ1) is 11.0. The number of benzene rings is 2. The third-order valence-corrected chi connectivity index (χ3v) is 4.95. The van der Waals surface area contributed by atoms with Gasteiger partial charge in [-0.3, -0.25) is 4.79 Å². The van der Waals surface area contributed by atoms with E-state index >= 15 is 0 Å². The zero-order valence-corrected chi connectivity index (χ0v) is 14.5. The van der Waals surface area contributed by atoms with E-state index in [0.29, 0.717) is 23.5 Å². The van der Waals surface area contributed by atoms with Gasteiger partial charge in [-0.05, 0) is 53.0 Å². The fourth-order valence-corrected chi connectivity index (χ4v) is 3.25. The van der Waals surface area contributed by atoms with Crippen LogP contribution in [-0.4, -0.2) is 5.78 Å². The lowest BCUT2D eigenvalue weighted by atomic mass is 9.91. The monoisotopic (exact) mass is 306 g/mol. The fraction of sp³-hybridized carbons (Fsp3) is 0.409. The van der Waals surface area contributed by atoms with Crippen LogP contribution in [-0.2, 0) is 0 Å². The number of hydrogen-bond donors (Lipinski definition) is 0. The zero-order valence-electron chi connectivity index (χ0n) is 14.5. The minimum atomic E-state index is 0.167. The lowest BCUT2D eigenvalue weighted by Gasteiger charge is -2.14. The van der Waals surface area contributed by atoms with E-state index in [1.165, 1.54) is 16.7 Å². The maximum absolute atomic E-state index is 12.9. The van der Waals surface area contributed by atoms with E-state index in [2.05, 4.69) is 70.2 Å². The summed E-state index contributed by atoms with van der Waals surface area (Å²) in [5.74, 6) is 1.80. The van der Waals surface area contributed by atoms with Gasteiger partial charge in [-0.25, -0.2) is 0 Å². The minimum Gasteiger partial charge on any atom is -0.294 e. The molecule has 23 heavy (non-hydrogen) atoms. The van der Waals surface area contributed by atoms with Crippen molar-refractivity contribution >= 4 is 5.78 Å². The summed E-state index contributed by atoms with van der Waals surface area (Å²) in [7, 11) is 0. The molecule has 0 N–H and O–H groups in total. The van der Waals surface area contributed by atoms with Crippen molar-refractivity contribution in [2.24, 2.45) is 5.92 Å². The number of hydrogen-bond acceptors (Lipinski definition) is 1. The van der Waals surface area contributed by atoms with Gasteiger partial charge >= 0.3 is 0 Å². The Bertz CT molecular complexity index is 671. The van der Waals surface area contributed by atoms with Crippen molar-refractivity contribution in [1.82, 2.24) is 0 Å². The highest BCUT2D eigenvalue weighted by molar-refractivity contribution is 6.00. The van der Waals surface area contributed by atoms with E-state index in [1.54, 1.807) is 0 Å². The summed E-state index contributed by atoms with van der Waals surface area (Å²) < 4.78 is 0. The first-order valence-corrected chi connectivity index (χ1v) is 8.71. The summed E-state index contributed by atoms with van der Waals surface area (Å²) in [5, 5.41) is 0. The average Bonchev–Trinajstić information content (AvgIpc) is 3.35. The zero-order chi connectivity index (χ0) is 16.6. The normalized spacial score (nSPS) is 20.1. The number of carbonyl (C=O) groups excluding carboxylic acids is 1. The molecule has 0 radical (unpaired) electrons. The van der Waals surface area contributed by atoms with Gasteiger partial charge in [0.05, 0.1) is 0 Å². The minimum absolute atomic E-state index is 0.167. The molecule has 1 aliphatic rings. The van der Waals surface area contributed by atoms with Crippen LogP contribution in [0.15, 0.2) is 48.5 Å². The summed E-state index contributed by atoms with van der Waals surface area (Å²) >= 11 is 0. The maximum atomic E-state index is 12.9. The molecule has 0 bridgehead atoms. The van der Waals surface area contributed by atoms with Crippen LogP contribution in [0.2, 0.25) is 0 Å². The van der Waals surface area contributed by atoms with Crippen molar-refractivity contribution < 1.29 is 4.79 Å². The van der Waals surface area contributed by atoms with Crippen LogP contribution in [0, 0.1) is 5.92 Å². The Hall–Kier alpha value is -1.89. The van der Waals surface area contributed by atoms with Crippen molar-refractivity contribution in [3.05, 3.63) is 70.8 Å². The first kappa shape index (κ1) is 16.0. The average molecular weight is 306 g/mol. The molecule has 0 aliphatic heterocycles. The van der Waals surface area contributed by atoms with Gasteiger partial charge in [-0.1, -0.05) is 64.1 Å². The fourth-order valence-electron chi connectivity index (χ4n) is 3.25. The maximum Gasteiger partial charge on any atom is 0.166 e. The summed E-state index contributed by atoms with van der Waals surface area (Å²) in [4.78, 5) is 12.9. The third kappa shape index (κ3) is 3.39. The molecule has 0 spiro atoms. The van der Waals surface area contributed by atoms with Gasteiger partial charge in [0.15, 0.2) is 5.78 Å². The predicted octanol–water partition coefficient (Wildman–Crippen LogP) is 5.92. The van der Waals surface area contributed by atoms with Crippen LogP contribution in [0.25, 0.3) is 0 Å². The third-order valence-electron chi connectivity index (χ3n) is 4.95. The Morgan fingerprint density at radius 2 is 1.48 bits per heavy atom. The van der Waals surface area contributed by atoms with Gasteiger partial charge < -0.3 is 0 Å². The Kier molecular flexibility index (Phi) is 4.39. The lowest BCUT2D eigenvalue weighted by Crippen LogP contribution is -2.06. The van der Waals surface area contributed by atoms with Crippen LogP contribution in [0.3, 0.4) is 0 Å².